The summed E-state index contributed by atoms with van der Waals surface area (Å²) in [7, 11) is 0. The van der Waals surface area contributed by atoms with Crippen LogP contribution in [0.4, 0.5) is 0 Å². The number of aliphatic hydroxyl groups is 1. The van der Waals surface area contributed by atoms with E-state index in [-0.39, 0.29) is 6.10 Å². The molecule has 1 aliphatic carbocycles. The highest BCUT2D eigenvalue weighted by Crippen LogP contribution is 2.43. The summed E-state index contributed by atoms with van der Waals surface area (Å²) in [5, 5.41) is 10.4. The van der Waals surface area contributed by atoms with Gasteiger partial charge in [-0.1, -0.05) is 47.5 Å². The Labute approximate surface area is 102 Å². The first-order valence-corrected chi connectivity index (χ1v) is 6.90. The van der Waals surface area contributed by atoms with E-state index >= 15 is 0 Å². The molecule has 1 nitrogen and oxygen atoms in total. The van der Waals surface area contributed by atoms with E-state index in [1.54, 1.807) is 0 Å². The average molecular weight is 226 g/mol. The normalized spacial score (nSPS) is 27.8. The zero-order valence-electron chi connectivity index (χ0n) is 11.8. The van der Waals surface area contributed by atoms with Crippen LogP contribution in [0.2, 0.25) is 0 Å². The molecule has 0 aromatic carbocycles. The standard InChI is InChI=1S/C15H30O/c1-14(2,3)11-9-13(16)12-8-6-7-10-15(12,4)5/h12-13,16H,6-11H2,1-5H3. The summed E-state index contributed by atoms with van der Waals surface area (Å²) in [5.74, 6) is 0.517. The predicted molar refractivity (Wildman–Crippen MR) is 70.4 cm³/mol. The van der Waals surface area contributed by atoms with Crippen molar-refractivity contribution in [3.05, 3.63) is 0 Å². The van der Waals surface area contributed by atoms with Gasteiger partial charge in [-0.2, -0.15) is 0 Å². The van der Waals surface area contributed by atoms with Crippen molar-refractivity contribution in [3.8, 4) is 0 Å². The van der Waals surface area contributed by atoms with Crippen LogP contribution in [-0.4, -0.2) is 11.2 Å². The zero-order valence-corrected chi connectivity index (χ0v) is 11.8. The van der Waals surface area contributed by atoms with E-state index in [1.807, 2.05) is 0 Å². The van der Waals surface area contributed by atoms with E-state index in [2.05, 4.69) is 34.6 Å². The van der Waals surface area contributed by atoms with Gasteiger partial charge in [-0.05, 0) is 42.4 Å². The fraction of sp³-hybridized carbons (Fsp3) is 1.00. The van der Waals surface area contributed by atoms with E-state index in [1.165, 1.54) is 25.7 Å². The van der Waals surface area contributed by atoms with Crippen LogP contribution in [0.15, 0.2) is 0 Å². The van der Waals surface area contributed by atoms with Crippen molar-refractivity contribution in [1.29, 1.82) is 0 Å². The van der Waals surface area contributed by atoms with Gasteiger partial charge in [0.25, 0.3) is 0 Å². The minimum Gasteiger partial charge on any atom is -0.393 e. The van der Waals surface area contributed by atoms with Gasteiger partial charge in [0, 0.05) is 0 Å². The molecule has 96 valence electrons. The Kier molecular flexibility index (Phi) is 4.45. The molecule has 2 unspecified atom stereocenters. The van der Waals surface area contributed by atoms with Gasteiger partial charge >= 0.3 is 0 Å². The van der Waals surface area contributed by atoms with Crippen molar-refractivity contribution < 1.29 is 5.11 Å². The first-order valence-electron chi connectivity index (χ1n) is 6.90. The first kappa shape index (κ1) is 14.0. The van der Waals surface area contributed by atoms with E-state index in [9.17, 15) is 5.11 Å². The molecule has 1 N–H and O–H groups in total. The number of hydrogen-bond acceptors (Lipinski definition) is 1. The largest absolute Gasteiger partial charge is 0.393 e. The lowest BCUT2D eigenvalue weighted by Gasteiger charge is -2.42. The maximum atomic E-state index is 10.4. The summed E-state index contributed by atoms with van der Waals surface area (Å²) in [6, 6.07) is 0. The molecule has 1 fully saturated rings. The monoisotopic (exact) mass is 226 g/mol. The van der Waals surface area contributed by atoms with E-state index in [0.717, 1.165) is 12.8 Å². The second-order valence-electron chi connectivity index (χ2n) is 7.51. The maximum Gasteiger partial charge on any atom is 0.0573 e. The Morgan fingerprint density at radius 3 is 2.38 bits per heavy atom. The second kappa shape index (κ2) is 5.08. The lowest BCUT2D eigenvalue weighted by Crippen LogP contribution is -2.37. The minimum absolute atomic E-state index is 0.0884. The van der Waals surface area contributed by atoms with Crippen LogP contribution in [0.25, 0.3) is 0 Å². The summed E-state index contributed by atoms with van der Waals surface area (Å²) >= 11 is 0. The van der Waals surface area contributed by atoms with Crippen molar-refractivity contribution in [2.75, 3.05) is 0 Å². The molecule has 0 aromatic heterocycles. The highest BCUT2D eigenvalue weighted by Gasteiger charge is 2.36. The number of aliphatic hydroxyl groups excluding tert-OH is 1. The molecule has 1 saturated carbocycles. The van der Waals surface area contributed by atoms with E-state index in [0.29, 0.717) is 16.7 Å². The van der Waals surface area contributed by atoms with Gasteiger partial charge in [-0.3, -0.25) is 0 Å². The molecule has 0 heterocycles. The average Bonchev–Trinajstić information content (AvgIpc) is 2.12. The molecular weight excluding hydrogens is 196 g/mol. The molecule has 1 aliphatic rings. The van der Waals surface area contributed by atoms with Gasteiger partial charge in [0.2, 0.25) is 0 Å². The van der Waals surface area contributed by atoms with Crippen LogP contribution in [0.5, 0.6) is 0 Å². The number of hydrogen-bond donors (Lipinski definition) is 1. The van der Waals surface area contributed by atoms with Crippen LogP contribution in [0.1, 0.15) is 73.1 Å². The smallest absolute Gasteiger partial charge is 0.0573 e. The molecule has 2 atom stereocenters. The molecule has 0 spiro atoms. The lowest BCUT2D eigenvalue weighted by atomic mass is 9.65. The highest BCUT2D eigenvalue weighted by atomic mass is 16.3. The van der Waals surface area contributed by atoms with E-state index < -0.39 is 0 Å². The lowest BCUT2D eigenvalue weighted by molar-refractivity contribution is -0.00459. The summed E-state index contributed by atoms with van der Waals surface area (Å²) in [4.78, 5) is 0. The second-order valence-corrected chi connectivity index (χ2v) is 7.51. The molecule has 1 rings (SSSR count). The van der Waals surface area contributed by atoms with Crippen LogP contribution < -0.4 is 0 Å². The summed E-state index contributed by atoms with van der Waals surface area (Å²) < 4.78 is 0. The molecule has 0 aromatic rings. The Morgan fingerprint density at radius 2 is 1.88 bits per heavy atom. The Balaban J connectivity index is 2.49. The molecule has 0 aliphatic heterocycles. The summed E-state index contributed by atoms with van der Waals surface area (Å²) in [6.45, 7) is 11.4. The molecule has 0 amide bonds. The van der Waals surface area contributed by atoms with Gasteiger partial charge in [0.1, 0.15) is 0 Å². The van der Waals surface area contributed by atoms with Crippen molar-refractivity contribution in [2.45, 2.75) is 79.2 Å². The van der Waals surface area contributed by atoms with Gasteiger partial charge in [-0.25, -0.2) is 0 Å². The Bertz CT molecular complexity index is 212. The Morgan fingerprint density at radius 1 is 1.25 bits per heavy atom. The molecule has 0 bridgehead atoms. The first-order chi connectivity index (χ1) is 7.22. The molecule has 0 radical (unpaired) electrons. The van der Waals surface area contributed by atoms with Gasteiger partial charge in [-0.15, -0.1) is 0 Å². The summed E-state index contributed by atoms with van der Waals surface area (Å²) in [5.41, 5.74) is 0.690. The molecule has 16 heavy (non-hydrogen) atoms. The number of rotatable bonds is 3. The summed E-state index contributed by atoms with van der Waals surface area (Å²) in [6.07, 6.45) is 7.16. The van der Waals surface area contributed by atoms with Crippen LogP contribution >= 0.6 is 0 Å². The topological polar surface area (TPSA) is 20.2 Å². The van der Waals surface area contributed by atoms with E-state index in [4.69, 9.17) is 0 Å². The minimum atomic E-state index is -0.0884. The fourth-order valence-corrected chi connectivity index (χ4v) is 3.02. The van der Waals surface area contributed by atoms with Gasteiger partial charge in [0.05, 0.1) is 6.10 Å². The molecule has 1 heteroatoms. The van der Waals surface area contributed by atoms with Gasteiger partial charge < -0.3 is 5.11 Å². The van der Waals surface area contributed by atoms with Crippen molar-refractivity contribution in [3.63, 3.8) is 0 Å². The van der Waals surface area contributed by atoms with Crippen LogP contribution in [0, 0.1) is 16.7 Å². The SMILES string of the molecule is CC(C)(C)CCC(O)C1CCCCC1(C)C. The maximum absolute atomic E-state index is 10.4. The van der Waals surface area contributed by atoms with Crippen molar-refractivity contribution in [2.24, 2.45) is 16.7 Å². The van der Waals surface area contributed by atoms with Gasteiger partial charge in [0.15, 0.2) is 0 Å². The van der Waals surface area contributed by atoms with Crippen molar-refractivity contribution in [1.82, 2.24) is 0 Å². The van der Waals surface area contributed by atoms with Crippen molar-refractivity contribution >= 4 is 0 Å². The third-order valence-electron chi connectivity index (χ3n) is 4.24. The third-order valence-corrected chi connectivity index (χ3v) is 4.24. The molecular formula is C15H30O. The zero-order chi connectivity index (χ0) is 12.4. The fourth-order valence-electron chi connectivity index (χ4n) is 3.02. The predicted octanol–water partition coefficient (Wildman–Crippen LogP) is 4.39. The van der Waals surface area contributed by atoms with Crippen LogP contribution in [0.3, 0.4) is 0 Å². The molecule has 0 saturated heterocycles. The van der Waals surface area contributed by atoms with Crippen LogP contribution in [-0.2, 0) is 0 Å². The third kappa shape index (κ3) is 4.08. The Hall–Kier alpha value is -0.0400. The highest BCUT2D eigenvalue weighted by molar-refractivity contribution is 4.87. The quantitative estimate of drug-likeness (QED) is 0.756.